The van der Waals surface area contributed by atoms with Crippen molar-refractivity contribution in [3.63, 3.8) is 0 Å². The molecule has 0 amide bonds. The van der Waals surface area contributed by atoms with Gasteiger partial charge in [-0.25, -0.2) is 4.39 Å². The van der Waals surface area contributed by atoms with E-state index in [2.05, 4.69) is 15.6 Å². The molecule has 25 heavy (non-hydrogen) atoms. The Labute approximate surface area is 148 Å². The van der Waals surface area contributed by atoms with Crippen LogP contribution in [0.5, 0.6) is 0 Å². The van der Waals surface area contributed by atoms with Gasteiger partial charge in [0.2, 0.25) is 0 Å². The third-order valence-corrected chi connectivity index (χ3v) is 3.80. The Morgan fingerprint density at radius 3 is 2.68 bits per heavy atom. The first kappa shape index (κ1) is 19.0. The summed E-state index contributed by atoms with van der Waals surface area (Å²) in [6.45, 7) is 4.52. The molecule has 6 heteroatoms. The quantitative estimate of drug-likeness (QED) is 0.416. The standard InChI is InChI=1S/C19H26FN3O2/c1-15-14-17(20)6-5-16(15)7-9-21-19(23-11-13-24-2)22-10-8-18-4-3-12-25-18/h3-6,12,14H,7-11,13H2,1-2H3,(H2,21,22,23). The summed E-state index contributed by atoms with van der Waals surface area (Å²) in [4.78, 5) is 4.48. The SMILES string of the molecule is COCCN=C(NCCc1ccco1)NCCc1ccc(F)cc1C. The average Bonchev–Trinajstić information content (AvgIpc) is 3.10. The summed E-state index contributed by atoms with van der Waals surface area (Å²) in [5, 5.41) is 6.60. The third kappa shape index (κ3) is 6.97. The lowest BCUT2D eigenvalue weighted by Gasteiger charge is -2.13. The number of methoxy groups -OCH3 is 1. The second-order valence-electron chi connectivity index (χ2n) is 5.73. The maximum atomic E-state index is 13.2. The van der Waals surface area contributed by atoms with Gasteiger partial charge in [0.05, 0.1) is 19.4 Å². The fraction of sp³-hybridized carbons (Fsp3) is 0.421. The van der Waals surface area contributed by atoms with Gasteiger partial charge in [0.15, 0.2) is 5.96 Å². The van der Waals surface area contributed by atoms with E-state index in [1.165, 1.54) is 6.07 Å². The number of nitrogens with one attached hydrogen (secondary N) is 2. The summed E-state index contributed by atoms with van der Waals surface area (Å²) in [5.41, 5.74) is 2.09. The van der Waals surface area contributed by atoms with Gasteiger partial charge < -0.3 is 19.8 Å². The highest BCUT2D eigenvalue weighted by atomic mass is 19.1. The molecule has 0 spiro atoms. The molecule has 136 valence electrons. The van der Waals surface area contributed by atoms with Gasteiger partial charge in [-0.15, -0.1) is 0 Å². The first-order chi connectivity index (χ1) is 12.2. The van der Waals surface area contributed by atoms with Crippen LogP contribution in [0.2, 0.25) is 0 Å². The van der Waals surface area contributed by atoms with Gasteiger partial charge >= 0.3 is 0 Å². The molecule has 0 aliphatic carbocycles. The van der Waals surface area contributed by atoms with Crippen molar-refractivity contribution < 1.29 is 13.5 Å². The lowest BCUT2D eigenvalue weighted by Crippen LogP contribution is -2.39. The fourth-order valence-electron chi connectivity index (χ4n) is 2.44. The van der Waals surface area contributed by atoms with E-state index < -0.39 is 0 Å². The third-order valence-electron chi connectivity index (χ3n) is 3.80. The monoisotopic (exact) mass is 347 g/mol. The van der Waals surface area contributed by atoms with Crippen molar-refractivity contribution in [1.29, 1.82) is 0 Å². The summed E-state index contributed by atoms with van der Waals surface area (Å²) < 4.78 is 23.5. The van der Waals surface area contributed by atoms with E-state index in [1.54, 1.807) is 19.4 Å². The second kappa shape index (κ2) is 10.5. The number of nitrogens with zero attached hydrogens (tertiary/aromatic N) is 1. The van der Waals surface area contributed by atoms with Crippen LogP contribution in [-0.2, 0) is 17.6 Å². The Morgan fingerprint density at radius 2 is 2.00 bits per heavy atom. The van der Waals surface area contributed by atoms with E-state index in [0.717, 1.165) is 42.2 Å². The van der Waals surface area contributed by atoms with E-state index in [1.807, 2.05) is 25.1 Å². The number of hydrogen-bond donors (Lipinski definition) is 2. The maximum absolute atomic E-state index is 13.2. The largest absolute Gasteiger partial charge is 0.469 e. The number of hydrogen-bond acceptors (Lipinski definition) is 3. The molecule has 5 nitrogen and oxygen atoms in total. The molecule has 1 heterocycles. The van der Waals surface area contributed by atoms with Crippen LogP contribution in [0.25, 0.3) is 0 Å². The van der Waals surface area contributed by atoms with Gasteiger partial charge in [0.25, 0.3) is 0 Å². The summed E-state index contributed by atoms with van der Waals surface area (Å²) in [7, 11) is 1.66. The maximum Gasteiger partial charge on any atom is 0.191 e. The molecule has 0 saturated carbocycles. The summed E-state index contributed by atoms with van der Waals surface area (Å²) in [5.74, 6) is 1.48. The van der Waals surface area contributed by atoms with Crippen LogP contribution in [0.15, 0.2) is 46.0 Å². The predicted octanol–water partition coefficient (Wildman–Crippen LogP) is 2.69. The molecule has 0 radical (unpaired) electrons. The van der Waals surface area contributed by atoms with Crippen LogP contribution < -0.4 is 10.6 Å². The molecule has 0 saturated heterocycles. The highest BCUT2D eigenvalue weighted by Crippen LogP contribution is 2.10. The van der Waals surface area contributed by atoms with Crippen molar-refractivity contribution in [3.8, 4) is 0 Å². The minimum atomic E-state index is -0.199. The van der Waals surface area contributed by atoms with Crippen molar-refractivity contribution in [2.24, 2.45) is 4.99 Å². The summed E-state index contributed by atoms with van der Waals surface area (Å²) >= 11 is 0. The number of rotatable bonds is 9. The molecule has 1 aromatic heterocycles. The van der Waals surface area contributed by atoms with Gasteiger partial charge in [-0.3, -0.25) is 4.99 Å². The lowest BCUT2D eigenvalue weighted by atomic mass is 10.1. The molecular weight excluding hydrogens is 321 g/mol. The van der Waals surface area contributed by atoms with Gasteiger partial charge in [0.1, 0.15) is 11.6 Å². The van der Waals surface area contributed by atoms with Crippen LogP contribution in [0.1, 0.15) is 16.9 Å². The van der Waals surface area contributed by atoms with Crippen LogP contribution in [0.3, 0.4) is 0 Å². The zero-order chi connectivity index (χ0) is 17.9. The zero-order valence-electron chi connectivity index (χ0n) is 14.8. The highest BCUT2D eigenvalue weighted by molar-refractivity contribution is 5.79. The molecule has 2 rings (SSSR count). The molecule has 0 unspecified atom stereocenters. The fourth-order valence-corrected chi connectivity index (χ4v) is 2.44. The van der Waals surface area contributed by atoms with Gasteiger partial charge in [-0.05, 0) is 48.7 Å². The van der Waals surface area contributed by atoms with E-state index in [4.69, 9.17) is 9.15 Å². The first-order valence-electron chi connectivity index (χ1n) is 8.47. The molecule has 2 aromatic rings. The van der Waals surface area contributed by atoms with Crippen LogP contribution >= 0.6 is 0 Å². The van der Waals surface area contributed by atoms with Crippen molar-refractivity contribution in [2.75, 3.05) is 33.4 Å². The Kier molecular flexibility index (Phi) is 7.98. The van der Waals surface area contributed by atoms with E-state index in [-0.39, 0.29) is 5.82 Å². The first-order valence-corrected chi connectivity index (χ1v) is 8.47. The summed E-state index contributed by atoms with van der Waals surface area (Å²) in [6.07, 6.45) is 3.26. The molecule has 2 N–H and O–H groups in total. The topological polar surface area (TPSA) is 58.8 Å². The number of ether oxygens (including phenoxy) is 1. The molecule has 0 bridgehead atoms. The Bertz CT molecular complexity index is 657. The number of guanidine groups is 1. The second-order valence-corrected chi connectivity index (χ2v) is 5.73. The smallest absolute Gasteiger partial charge is 0.191 e. The zero-order valence-corrected chi connectivity index (χ0v) is 14.8. The van der Waals surface area contributed by atoms with E-state index in [0.29, 0.717) is 19.7 Å². The number of furan rings is 1. The Balaban J connectivity index is 1.81. The molecule has 1 aromatic carbocycles. The minimum absolute atomic E-state index is 0.199. The molecule has 0 atom stereocenters. The van der Waals surface area contributed by atoms with Gasteiger partial charge in [-0.1, -0.05) is 6.07 Å². The normalized spacial score (nSPS) is 11.6. The van der Waals surface area contributed by atoms with Crippen LogP contribution in [0.4, 0.5) is 4.39 Å². The number of halogens is 1. The predicted molar refractivity (Wildman–Crippen MR) is 97.4 cm³/mol. The van der Waals surface area contributed by atoms with E-state index >= 15 is 0 Å². The minimum Gasteiger partial charge on any atom is -0.469 e. The van der Waals surface area contributed by atoms with Gasteiger partial charge in [-0.2, -0.15) is 0 Å². The summed E-state index contributed by atoms with van der Waals surface area (Å²) in [6, 6.07) is 8.72. The number of aryl methyl sites for hydroxylation is 1. The van der Waals surface area contributed by atoms with Crippen LogP contribution in [0, 0.1) is 12.7 Å². The lowest BCUT2D eigenvalue weighted by molar-refractivity contribution is 0.208. The van der Waals surface area contributed by atoms with Crippen molar-refractivity contribution in [2.45, 2.75) is 19.8 Å². The number of aliphatic imine (C=N–C) groups is 1. The average molecular weight is 347 g/mol. The van der Waals surface area contributed by atoms with Crippen LogP contribution in [-0.4, -0.2) is 39.3 Å². The highest BCUT2D eigenvalue weighted by Gasteiger charge is 2.03. The van der Waals surface area contributed by atoms with Gasteiger partial charge in [0, 0.05) is 26.6 Å². The molecule has 0 aliphatic heterocycles. The molecule has 0 fully saturated rings. The Hall–Kier alpha value is -2.34. The van der Waals surface area contributed by atoms with Crippen molar-refractivity contribution >= 4 is 5.96 Å². The molecule has 0 aliphatic rings. The Morgan fingerprint density at radius 1 is 1.20 bits per heavy atom. The molecular formula is C19H26FN3O2. The number of benzene rings is 1. The van der Waals surface area contributed by atoms with Crippen molar-refractivity contribution in [1.82, 2.24) is 10.6 Å². The van der Waals surface area contributed by atoms with Crippen molar-refractivity contribution in [3.05, 3.63) is 59.3 Å². The van der Waals surface area contributed by atoms with E-state index in [9.17, 15) is 4.39 Å².